The third-order valence-corrected chi connectivity index (χ3v) is 3.88. The molecule has 1 amide bonds. The predicted octanol–water partition coefficient (Wildman–Crippen LogP) is 1.54. The summed E-state index contributed by atoms with van der Waals surface area (Å²) in [6, 6.07) is 4.98. The number of rotatable bonds is 5. The van der Waals surface area contributed by atoms with Crippen LogP contribution in [0.15, 0.2) is 30.6 Å². The minimum Gasteiger partial charge on any atom is -0.373 e. The van der Waals surface area contributed by atoms with E-state index >= 15 is 0 Å². The fourth-order valence-electron chi connectivity index (χ4n) is 2.60. The molecule has 3 aromatic rings. The average Bonchev–Trinajstić information content (AvgIpc) is 3.32. The Bertz CT molecular complexity index is 916. The van der Waals surface area contributed by atoms with Gasteiger partial charge in [-0.1, -0.05) is 0 Å². The molecule has 0 bridgehead atoms. The van der Waals surface area contributed by atoms with Gasteiger partial charge >= 0.3 is 6.03 Å². The maximum absolute atomic E-state index is 12.5. The third kappa shape index (κ3) is 2.61. The van der Waals surface area contributed by atoms with Crippen LogP contribution in [0.4, 0.5) is 20.8 Å². The summed E-state index contributed by atoms with van der Waals surface area (Å²) in [4.78, 5) is 22.6. The van der Waals surface area contributed by atoms with Gasteiger partial charge in [0.1, 0.15) is 12.5 Å². The first-order valence-electron chi connectivity index (χ1n) is 7.71. The van der Waals surface area contributed by atoms with Gasteiger partial charge in [-0.05, 0) is 12.1 Å². The van der Waals surface area contributed by atoms with Gasteiger partial charge in [0, 0.05) is 31.1 Å². The van der Waals surface area contributed by atoms with Crippen LogP contribution in [0.1, 0.15) is 5.82 Å². The lowest BCUT2D eigenvalue weighted by Gasteiger charge is -2.10. The van der Waals surface area contributed by atoms with Crippen molar-refractivity contribution in [3.8, 4) is 11.4 Å². The molecule has 0 unspecified atom stereocenters. The Morgan fingerprint density at radius 2 is 2.16 bits per heavy atom. The average molecular weight is 342 g/mol. The molecule has 9 nitrogen and oxygen atoms in total. The normalized spacial score (nSPS) is 13.4. The molecule has 0 spiro atoms. The van der Waals surface area contributed by atoms with Crippen molar-refractivity contribution in [1.82, 2.24) is 29.5 Å². The van der Waals surface area contributed by atoms with E-state index in [2.05, 4.69) is 25.5 Å². The highest BCUT2D eigenvalue weighted by Gasteiger charge is 2.33. The minimum atomic E-state index is -0.512. The molecule has 0 aliphatic carbocycles. The first kappa shape index (κ1) is 15.2. The molecule has 10 heteroatoms. The van der Waals surface area contributed by atoms with Crippen molar-refractivity contribution in [1.29, 1.82) is 0 Å². The molecule has 0 radical (unpaired) electrons. The summed E-state index contributed by atoms with van der Waals surface area (Å²) in [5.74, 6) is 2.16. The number of halogens is 1. The Hall–Kier alpha value is -3.30. The van der Waals surface area contributed by atoms with Gasteiger partial charge in [0.15, 0.2) is 17.5 Å². The number of aryl methyl sites for hydroxylation is 1. The van der Waals surface area contributed by atoms with Crippen molar-refractivity contribution in [3.05, 3.63) is 36.4 Å². The summed E-state index contributed by atoms with van der Waals surface area (Å²) in [5, 5.41) is 11.4. The molecule has 128 valence electrons. The molecule has 0 aromatic carbocycles. The summed E-state index contributed by atoms with van der Waals surface area (Å²) in [5.41, 5.74) is 0.729. The number of hydrogen-bond acceptors (Lipinski definition) is 6. The second kappa shape index (κ2) is 5.96. The van der Waals surface area contributed by atoms with Crippen molar-refractivity contribution in [2.24, 2.45) is 0 Å². The van der Waals surface area contributed by atoms with Gasteiger partial charge in [-0.2, -0.15) is 9.78 Å². The lowest BCUT2D eigenvalue weighted by molar-refractivity contribution is 0.248. The number of aromatic nitrogens is 6. The Kier molecular flexibility index (Phi) is 3.64. The van der Waals surface area contributed by atoms with E-state index in [-0.39, 0.29) is 19.1 Å². The number of amides is 1. The first-order valence-corrected chi connectivity index (χ1v) is 7.71. The summed E-state index contributed by atoms with van der Waals surface area (Å²) in [6.07, 6.45) is 3.29. The van der Waals surface area contributed by atoms with Crippen LogP contribution in [0.3, 0.4) is 0 Å². The van der Waals surface area contributed by atoms with Crippen LogP contribution in [0.25, 0.3) is 11.4 Å². The Morgan fingerprint density at radius 1 is 1.28 bits per heavy atom. The summed E-state index contributed by atoms with van der Waals surface area (Å²) in [6.45, 7) is -0.0902. The SMILES string of the molecule is CNc1ccc(-c2nc3n(n2)C(=O)N(c2ccn(CCF)n2)C3)cn1. The molecule has 0 atom stereocenters. The van der Waals surface area contributed by atoms with E-state index in [0.29, 0.717) is 17.5 Å². The standard InChI is InChI=1S/C15H15FN8O/c1-17-11-3-2-10(8-18-11)14-19-13-9-23(15(25)24(13)21-14)12-4-6-22(20-12)7-5-16/h2-4,6,8H,5,7,9H2,1H3,(H,17,18). The molecule has 0 fully saturated rings. The van der Waals surface area contributed by atoms with Crippen LogP contribution in [-0.2, 0) is 13.1 Å². The molecule has 25 heavy (non-hydrogen) atoms. The molecule has 0 saturated heterocycles. The fraction of sp³-hybridized carbons (Fsp3) is 0.267. The molecular formula is C15H15FN8O. The predicted molar refractivity (Wildman–Crippen MR) is 88.0 cm³/mol. The summed E-state index contributed by atoms with van der Waals surface area (Å²) in [7, 11) is 1.79. The monoisotopic (exact) mass is 342 g/mol. The number of pyridine rings is 1. The second-order valence-corrected chi connectivity index (χ2v) is 5.44. The van der Waals surface area contributed by atoms with Crippen molar-refractivity contribution < 1.29 is 9.18 Å². The highest BCUT2D eigenvalue weighted by atomic mass is 19.1. The Labute approximate surface area is 142 Å². The van der Waals surface area contributed by atoms with E-state index < -0.39 is 6.67 Å². The molecule has 1 aliphatic heterocycles. The summed E-state index contributed by atoms with van der Waals surface area (Å²) >= 11 is 0. The number of nitrogens with one attached hydrogen (secondary N) is 1. The number of nitrogens with zero attached hydrogens (tertiary/aromatic N) is 7. The Morgan fingerprint density at radius 3 is 2.84 bits per heavy atom. The van der Waals surface area contributed by atoms with Crippen LogP contribution < -0.4 is 10.2 Å². The largest absolute Gasteiger partial charge is 0.373 e. The van der Waals surface area contributed by atoms with E-state index in [1.807, 2.05) is 12.1 Å². The van der Waals surface area contributed by atoms with Crippen molar-refractivity contribution in [3.63, 3.8) is 0 Å². The lowest BCUT2D eigenvalue weighted by Crippen LogP contribution is -2.27. The van der Waals surface area contributed by atoms with Crippen LogP contribution in [0.2, 0.25) is 0 Å². The number of fused-ring (bicyclic) bond motifs is 1. The number of carbonyl (C=O) groups excluding carboxylic acids is 1. The highest BCUT2D eigenvalue weighted by molar-refractivity contribution is 5.94. The van der Waals surface area contributed by atoms with Crippen LogP contribution in [0, 0.1) is 0 Å². The molecule has 4 heterocycles. The van der Waals surface area contributed by atoms with Crippen LogP contribution in [0.5, 0.6) is 0 Å². The van der Waals surface area contributed by atoms with E-state index in [0.717, 1.165) is 11.4 Å². The molecule has 0 saturated carbocycles. The fourth-order valence-corrected chi connectivity index (χ4v) is 2.60. The van der Waals surface area contributed by atoms with Gasteiger partial charge in [0.05, 0.1) is 13.1 Å². The molecule has 4 rings (SSSR count). The van der Waals surface area contributed by atoms with Crippen molar-refractivity contribution >= 4 is 17.7 Å². The second-order valence-electron chi connectivity index (χ2n) is 5.44. The Balaban J connectivity index is 1.57. The van der Waals surface area contributed by atoms with E-state index in [1.54, 1.807) is 25.5 Å². The summed E-state index contributed by atoms with van der Waals surface area (Å²) < 4.78 is 15.1. The van der Waals surface area contributed by atoms with Gasteiger partial charge in [-0.25, -0.2) is 19.2 Å². The van der Waals surface area contributed by atoms with Gasteiger partial charge in [0.2, 0.25) is 0 Å². The maximum atomic E-state index is 12.5. The van der Waals surface area contributed by atoms with Gasteiger partial charge in [0.25, 0.3) is 0 Å². The van der Waals surface area contributed by atoms with Crippen LogP contribution >= 0.6 is 0 Å². The number of alkyl halides is 1. The zero-order valence-corrected chi connectivity index (χ0v) is 13.4. The molecule has 1 N–H and O–H groups in total. The van der Waals surface area contributed by atoms with Gasteiger partial charge < -0.3 is 5.32 Å². The van der Waals surface area contributed by atoms with Crippen molar-refractivity contribution in [2.45, 2.75) is 13.1 Å². The highest BCUT2D eigenvalue weighted by Crippen LogP contribution is 2.24. The van der Waals surface area contributed by atoms with E-state index in [1.165, 1.54) is 14.3 Å². The maximum Gasteiger partial charge on any atom is 0.352 e. The molecule has 1 aliphatic rings. The first-order chi connectivity index (χ1) is 12.2. The van der Waals surface area contributed by atoms with Gasteiger partial charge in [-0.15, -0.1) is 5.10 Å². The topological polar surface area (TPSA) is 93.8 Å². The quantitative estimate of drug-likeness (QED) is 0.756. The third-order valence-electron chi connectivity index (χ3n) is 3.88. The van der Waals surface area contributed by atoms with E-state index in [4.69, 9.17) is 0 Å². The van der Waals surface area contributed by atoms with Gasteiger partial charge in [-0.3, -0.25) is 9.58 Å². The lowest BCUT2D eigenvalue weighted by atomic mass is 10.3. The number of carbonyl (C=O) groups is 1. The number of hydrogen-bond donors (Lipinski definition) is 1. The smallest absolute Gasteiger partial charge is 0.352 e. The molecule has 3 aromatic heterocycles. The molecular weight excluding hydrogens is 327 g/mol. The zero-order valence-electron chi connectivity index (χ0n) is 13.4. The number of anilines is 2. The van der Waals surface area contributed by atoms with Crippen molar-refractivity contribution in [2.75, 3.05) is 23.9 Å². The minimum absolute atomic E-state index is 0.157. The van der Waals surface area contributed by atoms with E-state index in [9.17, 15) is 9.18 Å². The zero-order chi connectivity index (χ0) is 17.4. The van der Waals surface area contributed by atoms with Crippen LogP contribution in [-0.4, -0.2) is 49.3 Å².